The lowest BCUT2D eigenvalue weighted by Crippen LogP contribution is -1.88. The van der Waals surface area contributed by atoms with E-state index in [1.807, 2.05) is 6.92 Å². The van der Waals surface area contributed by atoms with Crippen molar-refractivity contribution in [3.05, 3.63) is 107 Å². The Morgan fingerprint density at radius 1 is 0.522 bits per heavy atom. The van der Waals surface area contributed by atoms with Gasteiger partial charge in [0.2, 0.25) is 0 Å². The summed E-state index contributed by atoms with van der Waals surface area (Å²) in [6, 6.07) is 19.1. The Morgan fingerprint density at radius 2 is 0.826 bits per heavy atom. The molecule has 3 rings (SSSR count). The van der Waals surface area contributed by atoms with Gasteiger partial charge in [-0.25, -0.2) is 13.2 Å². The molecule has 23 heavy (non-hydrogen) atoms. The Morgan fingerprint density at radius 3 is 1.13 bits per heavy atom. The van der Waals surface area contributed by atoms with E-state index >= 15 is 0 Å². The van der Waals surface area contributed by atoms with E-state index in [1.54, 1.807) is 36.4 Å². The highest BCUT2D eigenvalue weighted by Gasteiger charge is 1.97. The molecule has 0 heterocycles. The lowest BCUT2D eigenvalue weighted by molar-refractivity contribution is 0.626. The summed E-state index contributed by atoms with van der Waals surface area (Å²) in [5.74, 6) is -0.647. The predicted molar refractivity (Wildman–Crippen MR) is 86.7 cm³/mol. The van der Waals surface area contributed by atoms with Crippen LogP contribution in [0.5, 0.6) is 0 Å². The van der Waals surface area contributed by atoms with Crippen LogP contribution in [0.4, 0.5) is 13.2 Å². The molecule has 0 fully saturated rings. The van der Waals surface area contributed by atoms with Crippen molar-refractivity contribution in [2.45, 2.75) is 13.3 Å². The SMILES string of the molecule is Cc1ccc(F)cc1.Fc1ccc(Cc2ccc(F)cc2)cc1. The van der Waals surface area contributed by atoms with Crippen molar-refractivity contribution >= 4 is 0 Å². The van der Waals surface area contributed by atoms with E-state index in [9.17, 15) is 13.2 Å². The quantitative estimate of drug-likeness (QED) is 0.570. The van der Waals surface area contributed by atoms with Crippen LogP contribution in [-0.2, 0) is 6.42 Å². The van der Waals surface area contributed by atoms with Crippen molar-refractivity contribution in [3.63, 3.8) is 0 Å². The van der Waals surface area contributed by atoms with Crippen molar-refractivity contribution in [1.82, 2.24) is 0 Å². The van der Waals surface area contributed by atoms with Gasteiger partial charge in [-0.05, 0) is 60.9 Å². The van der Waals surface area contributed by atoms with Gasteiger partial charge >= 0.3 is 0 Å². The Bertz CT molecular complexity index is 650. The van der Waals surface area contributed by atoms with Crippen molar-refractivity contribution in [1.29, 1.82) is 0 Å². The average Bonchev–Trinajstić information content (AvgIpc) is 2.55. The van der Waals surface area contributed by atoms with Gasteiger partial charge < -0.3 is 0 Å². The first-order chi connectivity index (χ1) is 11.0. The summed E-state index contributed by atoms with van der Waals surface area (Å²) in [6.45, 7) is 1.93. The molecule has 3 heteroatoms. The third-order valence-electron chi connectivity index (χ3n) is 3.25. The highest BCUT2D eigenvalue weighted by atomic mass is 19.1. The molecule has 3 aromatic carbocycles. The highest BCUT2D eigenvalue weighted by Crippen LogP contribution is 2.11. The molecule has 0 radical (unpaired) electrons. The Kier molecular flexibility index (Phi) is 5.98. The number of halogens is 3. The normalized spacial score (nSPS) is 9.91. The van der Waals surface area contributed by atoms with Gasteiger partial charge in [0, 0.05) is 0 Å². The van der Waals surface area contributed by atoms with E-state index in [-0.39, 0.29) is 17.5 Å². The van der Waals surface area contributed by atoms with Crippen LogP contribution in [-0.4, -0.2) is 0 Å². The minimum Gasteiger partial charge on any atom is -0.207 e. The molecular weight excluding hydrogens is 297 g/mol. The van der Waals surface area contributed by atoms with Crippen LogP contribution < -0.4 is 0 Å². The lowest BCUT2D eigenvalue weighted by Gasteiger charge is -2.01. The van der Waals surface area contributed by atoms with Crippen LogP contribution in [0.15, 0.2) is 72.8 Å². The predicted octanol–water partition coefficient (Wildman–Crippen LogP) is 5.69. The molecule has 0 bridgehead atoms. The first-order valence-corrected chi connectivity index (χ1v) is 7.24. The van der Waals surface area contributed by atoms with Gasteiger partial charge in [0.05, 0.1) is 0 Å². The van der Waals surface area contributed by atoms with Gasteiger partial charge in [0.15, 0.2) is 0 Å². The zero-order valence-corrected chi connectivity index (χ0v) is 12.8. The first kappa shape index (κ1) is 16.8. The third-order valence-corrected chi connectivity index (χ3v) is 3.25. The summed E-state index contributed by atoms with van der Waals surface area (Å²) in [4.78, 5) is 0. The minimum atomic E-state index is -0.238. The molecule has 3 aromatic rings. The van der Waals surface area contributed by atoms with E-state index in [0.717, 1.165) is 16.7 Å². The zero-order valence-electron chi connectivity index (χ0n) is 12.8. The molecule has 0 saturated carbocycles. The first-order valence-electron chi connectivity index (χ1n) is 7.24. The lowest BCUT2D eigenvalue weighted by atomic mass is 10.1. The molecule has 0 nitrogen and oxygen atoms in total. The Labute approximate surface area is 134 Å². The Hall–Kier alpha value is -2.55. The fourth-order valence-electron chi connectivity index (χ4n) is 1.97. The zero-order chi connectivity index (χ0) is 16.7. The molecule has 0 N–H and O–H groups in total. The van der Waals surface area contributed by atoms with E-state index in [2.05, 4.69) is 0 Å². The number of rotatable bonds is 2. The van der Waals surface area contributed by atoms with Crippen molar-refractivity contribution in [2.24, 2.45) is 0 Å². The van der Waals surface area contributed by atoms with E-state index in [0.29, 0.717) is 6.42 Å². The monoisotopic (exact) mass is 314 g/mol. The Balaban J connectivity index is 0.000000203. The van der Waals surface area contributed by atoms with E-state index < -0.39 is 0 Å². The molecule has 0 aliphatic heterocycles. The van der Waals surface area contributed by atoms with Gasteiger partial charge in [-0.1, -0.05) is 42.0 Å². The van der Waals surface area contributed by atoms with Crippen molar-refractivity contribution in [2.75, 3.05) is 0 Å². The molecule has 0 aliphatic rings. The van der Waals surface area contributed by atoms with Crippen LogP contribution in [0.25, 0.3) is 0 Å². The molecule has 0 amide bonds. The summed E-state index contributed by atoms with van der Waals surface area (Å²) >= 11 is 0. The van der Waals surface area contributed by atoms with Gasteiger partial charge in [-0.15, -0.1) is 0 Å². The fraction of sp³-hybridized carbons (Fsp3) is 0.100. The number of hydrogen-bond donors (Lipinski definition) is 0. The second-order valence-corrected chi connectivity index (χ2v) is 5.23. The molecular formula is C20H17F3. The summed E-state index contributed by atoms with van der Waals surface area (Å²) in [5.41, 5.74) is 3.12. The molecule has 0 unspecified atom stereocenters. The van der Waals surface area contributed by atoms with Crippen molar-refractivity contribution in [3.8, 4) is 0 Å². The molecule has 0 atom stereocenters. The summed E-state index contributed by atoms with van der Waals surface area (Å²) in [5, 5.41) is 0. The van der Waals surface area contributed by atoms with Crippen LogP contribution in [0.2, 0.25) is 0 Å². The highest BCUT2D eigenvalue weighted by molar-refractivity contribution is 5.26. The second-order valence-electron chi connectivity index (χ2n) is 5.23. The van der Waals surface area contributed by atoms with Gasteiger partial charge in [0.1, 0.15) is 17.5 Å². The maximum atomic E-state index is 12.6. The maximum absolute atomic E-state index is 12.6. The molecule has 118 valence electrons. The minimum absolute atomic E-state index is 0.171. The number of aryl methyl sites for hydroxylation is 1. The molecule has 0 aromatic heterocycles. The third kappa shape index (κ3) is 5.99. The fourth-order valence-corrected chi connectivity index (χ4v) is 1.97. The van der Waals surface area contributed by atoms with E-state index in [1.165, 1.54) is 36.4 Å². The second kappa shape index (κ2) is 8.18. The molecule has 0 aliphatic carbocycles. The smallest absolute Gasteiger partial charge is 0.123 e. The van der Waals surface area contributed by atoms with E-state index in [4.69, 9.17) is 0 Å². The number of hydrogen-bond acceptors (Lipinski definition) is 0. The maximum Gasteiger partial charge on any atom is 0.123 e. The number of benzene rings is 3. The molecule has 0 spiro atoms. The standard InChI is InChI=1S/C13H10F2.C7H7F/c14-12-5-1-10(2-6-12)9-11-3-7-13(15)8-4-11;1-6-2-4-7(8)5-3-6/h1-8H,9H2;2-5H,1H3. The summed E-state index contributed by atoms with van der Waals surface area (Å²) < 4.78 is 37.3. The van der Waals surface area contributed by atoms with Crippen LogP contribution >= 0.6 is 0 Å². The molecule has 0 saturated heterocycles. The van der Waals surface area contributed by atoms with Gasteiger partial charge in [-0.2, -0.15) is 0 Å². The van der Waals surface area contributed by atoms with Gasteiger partial charge in [-0.3, -0.25) is 0 Å². The largest absolute Gasteiger partial charge is 0.207 e. The van der Waals surface area contributed by atoms with Gasteiger partial charge in [0.25, 0.3) is 0 Å². The van der Waals surface area contributed by atoms with Crippen LogP contribution in [0.1, 0.15) is 16.7 Å². The van der Waals surface area contributed by atoms with Crippen molar-refractivity contribution < 1.29 is 13.2 Å². The average molecular weight is 314 g/mol. The summed E-state index contributed by atoms with van der Waals surface area (Å²) in [7, 11) is 0. The topological polar surface area (TPSA) is 0 Å². The van der Waals surface area contributed by atoms with Crippen LogP contribution in [0, 0.1) is 24.4 Å². The van der Waals surface area contributed by atoms with Crippen LogP contribution in [0.3, 0.4) is 0 Å². The summed E-state index contributed by atoms with van der Waals surface area (Å²) in [6.07, 6.45) is 0.695.